The maximum atomic E-state index is 12.9. The number of aromatic hydroxyl groups is 1. The molecule has 0 unspecified atom stereocenters. The van der Waals surface area contributed by atoms with E-state index in [0.29, 0.717) is 96.0 Å². The van der Waals surface area contributed by atoms with Crippen molar-refractivity contribution in [3.63, 3.8) is 0 Å². The number of aromatic nitrogens is 2. The molecule has 2 heterocycles. The average Bonchev–Trinajstić information content (AvgIpc) is 3.17. The summed E-state index contributed by atoms with van der Waals surface area (Å²) >= 11 is 0. The quantitative estimate of drug-likeness (QED) is 0.0177. The van der Waals surface area contributed by atoms with Crippen LogP contribution in [0.4, 0.5) is 17.3 Å². The number of hydrogen-bond acceptors (Lipinski definition) is 15. The normalized spacial score (nSPS) is 12.6. The Morgan fingerprint density at radius 3 is 2.27 bits per heavy atom. The molecule has 0 saturated heterocycles. The molecule has 0 saturated carbocycles. The summed E-state index contributed by atoms with van der Waals surface area (Å²) in [6.07, 6.45) is 3.36. The highest BCUT2D eigenvalue weighted by Gasteiger charge is 2.22. The topological polar surface area (TPSA) is 287 Å². The van der Waals surface area contributed by atoms with Crippen molar-refractivity contribution >= 4 is 40.7 Å². The van der Waals surface area contributed by atoms with E-state index in [1.807, 2.05) is 17.0 Å². The maximum Gasteiger partial charge on any atom is 0.258 e. The van der Waals surface area contributed by atoms with Gasteiger partial charge in [0.05, 0.1) is 81.8 Å². The number of nitrogen functional groups attached to an aromatic ring is 2. The van der Waals surface area contributed by atoms with Crippen molar-refractivity contribution in [3.8, 4) is 5.75 Å². The number of rotatable bonds is 22. The lowest BCUT2D eigenvalue weighted by atomic mass is 9.97. The van der Waals surface area contributed by atoms with Gasteiger partial charge >= 0.3 is 0 Å². The van der Waals surface area contributed by atoms with Crippen molar-refractivity contribution in [1.82, 2.24) is 19.8 Å². The number of phenolic OH excluding ortho intramolecular Hbond substituents is 1. The Hall–Kier alpha value is -5.82. The number of carbonyl (C=O) groups is 2. The van der Waals surface area contributed by atoms with Gasteiger partial charge in [0.15, 0.2) is 0 Å². The number of likely N-dealkylation sites (N-methyl/N-ethyl adjacent to an activating group) is 1. The van der Waals surface area contributed by atoms with E-state index in [1.54, 1.807) is 13.1 Å². The lowest BCUT2D eigenvalue weighted by Crippen LogP contribution is -2.36. The summed E-state index contributed by atoms with van der Waals surface area (Å²) in [4.78, 5) is 36.6. The second kappa shape index (κ2) is 21.2. The van der Waals surface area contributed by atoms with Gasteiger partial charge in [-0.15, -0.1) is 0 Å². The minimum Gasteiger partial charge on any atom is -0.506 e. The van der Waals surface area contributed by atoms with Gasteiger partial charge in [0.25, 0.3) is 5.91 Å². The largest absolute Gasteiger partial charge is 0.506 e. The molecule has 2 aromatic carbocycles. The Labute approximate surface area is 319 Å². The van der Waals surface area contributed by atoms with Crippen LogP contribution in [-0.4, -0.2) is 121 Å². The van der Waals surface area contributed by atoms with Crippen molar-refractivity contribution in [1.29, 1.82) is 10.8 Å². The van der Waals surface area contributed by atoms with Gasteiger partial charge in [-0.3, -0.25) is 20.4 Å². The fourth-order valence-electron chi connectivity index (χ4n) is 5.61. The third-order valence-electron chi connectivity index (χ3n) is 8.72. The number of amides is 2. The number of anilines is 3. The summed E-state index contributed by atoms with van der Waals surface area (Å²) < 4.78 is 22.1. The Bertz CT molecular complexity index is 1840. The third-order valence-corrected chi connectivity index (χ3v) is 8.72. The first-order valence-corrected chi connectivity index (χ1v) is 17.7. The van der Waals surface area contributed by atoms with Gasteiger partial charge in [-0.25, -0.2) is 9.97 Å². The van der Waals surface area contributed by atoms with Crippen LogP contribution < -0.4 is 28.3 Å². The summed E-state index contributed by atoms with van der Waals surface area (Å²) in [7, 11) is 1.57. The first kappa shape index (κ1) is 41.9. The second-order valence-corrected chi connectivity index (χ2v) is 12.6. The van der Waals surface area contributed by atoms with E-state index in [-0.39, 0.29) is 46.7 Å². The average molecular weight is 762 g/mol. The second-order valence-electron chi connectivity index (χ2n) is 12.6. The van der Waals surface area contributed by atoms with Gasteiger partial charge in [-0.05, 0) is 41.3 Å². The van der Waals surface area contributed by atoms with E-state index >= 15 is 0 Å². The molecule has 12 N–H and O–H groups in total. The zero-order valence-corrected chi connectivity index (χ0v) is 31.0. The van der Waals surface area contributed by atoms with E-state index in [2.05, 4.69) is 21.4 Å². The molecular weight excluding hydrogens is 710 g/mol. The van der Waals surface area contributed by atoms with E-state index in [1.165, 1.54) is 28.9 Å². The highest BCUT2D eigenvalue weighted by Crippen LogP contribution is 2.27. The number of nitrogens with one attached hydrogen (secondary N) is 3. The van der Waals surface area contributed by atoms with Crippen molar-refractivity contribution < 1.29 is 33.6 Å². The van der Waals surface area contributed by atoms with Gasteiger partial charge in [-0.2, -0.15) is 0 Å². The molecule has 0 atom stereocenters. The number of nitrogens with two attached hydrogens (primary N) is 4. The standard InChI is InChI=1S/C37H51N11O7/c1-47(37(51)28(20-38)34(41)42)9-11-53-13-15-55-17-16-54-14-12-52-10-7-31(50)48-8-6-25-18-24(2-3-27(25)22-48)21-44-36-32(35(43)45-23-46-36)33(40)26-4-5-30(49)29(39)19-26/h2-5,18-20,23,40,49H,6-17,21-22,38-39H2,1H3,(H3,41,42)(H3,43,44,45,46). The van der Waals surface area contributed by atoms with Gasteiger partial charge in [0.1, 0.15) is 29.5 Å². The van der Waals surface area contributed by atoms with Crippen molar-refractivity contribution in [3.05, 3.63) is 82.3 Å². The van der Waals surface area contributed by atoms with Gasteiger partial charge in [0, 0.05) is 45.0 Å². The van der Waals surface area contributed by atoms with Crippen molar-refractivity contribution in [2.45, 2.75) is 25.9 Å². The van der Waals surface area contributed by atoms with E-state index < -0.39 is 5.91 Å². The highest BCUT2D eigenvalue weighted by molar-refractivity contribution is 6.18. The molecule has 55 heavy (non-hydrogen) atoms. The minimum atomic E-state index is -0.444. The van der Waals surface area contributed by atoms with E-state index in [4.69, 9.17) is 52.7 Å². The van der Waals surface area contributed by atoms with Crippen LogP contribution in [0.5, 0.6) is 5.75 Å². The molecule has 3 aromatic rings. The number of carbonyl (C=O) groups excluding carboxylic acids is 2. The number of hydrogen-bond donors (Lipinski definition) is 8. The molecular formula is C37H51N11O7. The summed E-state index contributed by atoms with van der Waals surface area (Å²) in [5.74, 6) is -0.313. The Morgan fingerprint density at radius 2 is 1.62 bits per heavy atom. The monoisotopic (exact) mass is 761 g/mol. The Kier molecular flexibility index (Phi) is 16.1. The van der Waals surface area contributed by atoms with E-state index in [9.17, 15) is 14.7 Å². The summed E-state index contributed by atoms with van der Waals surface area (Å²) in [6.45, 7) is 4.72. The smallest absolute Gasteiger partial charge is 0.258 e. The molecule has 0 radical (unpaired) electrons. The van der Waals surface area contributed by atoms with Gasteiger partial charge in [0.2, 0.25) is 5.91 Å². The summed E-state index contributed by atoms with van der Waals surface area (Å²) in [5, 5.41) is 29.2. The van der Waals surface area contributed by atoms with Crippen LogP contribution in [0.25, 0.3) is 0 Å². The number of benzene rings is 2. The third kappa shape index (κ3) is 12.4. The number of amidine groups is 1. The predicted molar refractivity (Wildman–Crippen MR) is 207 cm³/mol. The number of phenols is 1. The molecule has 0 spiro atoms. The fourth-order valence-corrected chi connectivity index (χ4v) is 5.61. The predicted octanol–water partition coefficient (Wildman–Crippen LogP) is 0.953. The Morgan fingerprint density at radius 1 is 0.945 bits per heavy atom. The molecule has 1 aliphatic heterocycles. The zero-order chi connectivity index (χ0) is 39.7. The molecule has 0 fully saturated rings. The molecule has 296 valence electrons. The van der Waals surface area contributed by atoms with Crippen LogP contribution in [0.3, 0.4) is 0 Å². The molecule has 1 aromatic heterocycles. The van der Waals surface area contributed by atoms with Gasteiger partial charge < -0.3 is 62.1 Å². The number of ether oxygens (including phenoxy) is 4. The first-order valence-electron chi connectivity index (χ1n) is 17.7. The van der Waals surface area contributed by atoms with Crippen LogP contribution in [-0.2, 0) is 48.0 Å². The van der Waals surface area contributed by atoms with Crippen molar-refractivity contribution in [2.24, 2.45) is 11.5 Å². The lowest BCUT2D eigenvalue weighted by molar-refractivity contribution is -0.133. The molecule has 18 nitrogen and oxygen atoms in total. The van der Waals surface area contributed by atoms with Crippen molar-refractivity contribution in [2.75, 3.05) is 89.8 Å². The lowest BCUT2D eigenvalue weighted by Gasteiger charge is -2.29. The van der Waals surface area contributed by atoms with E-state index in [0.717, 1.165) is 23.7 Å². The molecule has 18 heteroatoms. The summed E-state index contributed by atoms with van der Waals surface area (Å²) in [5.41, 5.74) is 26.9. The summed E-state index contributed by atoms with van der Waals surface area (Å²) in [6, 6.07) is 10.7. The Balaban J connectivity index is 1.07. The molecule has 2 amide bonds. The molecule has 0 bridgehead atoms. The zero-order valence-electron chi connectivity index (χ0n) is 31.0. The highest BCUT2D eigenvalue weighted by atomic mass is 16.6. The minimum absolute atomic E-state index is 0.0334. The van der Waals surface area contributed by atoms with Crippen LogP contribution in [0.15, 0.2) is 54.5 Å². The first-order chi connectivity index (χ1) is 26.5. The SMILES string of the molecule is CN(CCOCCOCCOCCOCCC(=O)N1CCc2cc(CNc3ncnc(N)c3C(=N)c3ccc(O)c(N)c3)ccc2C1)C(=O)C(=CN)C(=N)N. The molecule has 1 aliphatic rings. The number of nitrogens with zero attached hydrogens (tertiary/aromatic N) is 4. The van der Waals surface area contributed by atoms with Crippen LogP contribution in [0, 0.1) is 10.8 Å². The fraction of sp³-hybridized carbons (Fsp3) is 0.405. The van der Waals surface area contributed by atoms with Crippen LogP contribution in [0.1, 0.15) is 34.2 Å². The molecule has 0 aliphatic carbocycles. The molecule has 4 rings (SSSR count). The van der Waals surface area contributed by atoms with Crippen LogP contribution >= 0.6 is 0 Å². The van der Waals surface area contributed by atoms with Gasteiger partial charge in [-0.1, -0.05) is 18.2 Å². The maximum absolute atomic E-state index is 12.9. The number of fused-ring (bicyclic) bond motifs is 1. The van der Waals surface area contributed by atoms with Crippen LogP contribution in [0.2, 0.25) is 0 Å².